The maximum atomic E-state index is 11.5. The summed E-state index contributed by atoms with van der Waals surface area (Å²) >= 11 is 0. The average Bonchev–Trinajstić information content (AvgIpc) is 2.13. The number of nitrogens with one attached hydrogen (secondary N) is 1. The highest BCUT2D eigenvalue weighted by Gasteiger charge is 2.20. The zero-order valence-corrected chi connectivity index (χ0v) is 9.96. The molecule has 0 atom stereocenters. The van der Waals surface area contributed by atoms with Crippen molar-refractivity contribution < 1.29 is 9.59 Å². The Morgan fingerprint density at radius 1 is 1.40 bits per heavy atom. The summed E-state index contributed by atoms with van der Waals surface area (Å²) in [5, 5.41) is 2.47. The monoisotopic (exact) mass is 215 g/mol. The van der Waals surface area contributed by atoms with Crippen LogP contribution in [0.5, 0.6) is 0 Å². The highest BCUT2D eigenvalue weighted by molar-refractivity contribution is 5.83. The highest BCUT2D eigenvalue weighted by Crippen LogP contribution is 2.13. The molecule has 0 aliphatic carbocycles. The van der Waals surface area contributed by atoms with Gasteiger partial charge in [0.2, 0.25) is 11.8 Å². The molecule has 3 N–H and O–H groups in total. The van der Waals surface area contributed by atoms with E-state index >= 15 is 0 Å². The third-order valence-electron chi connectivity index (χ3n) is 2.13. The van der Waals surface area contributed by atoms with E-state index in [0.717, 1.165) is 0 Å². The van der Waals surface area contributed by atoms with Gasteiger partial charge in [0.05, 0.1) is 6.54 Å². The number of nitrogens with two attached hydrogens (primary N) is 1. The summed E-state index contributed by atoms with van der Waals surface area (Å²) < 4.78 is 0. The molecule has 0 unspecified atom stereocenters. The van der Waals surface area contributed by atoms with Gasteiger partial charge in [-0.3, -0.25) is 9.59 Å². The van der Waals surface area contributed by atoms with Gasteiger partial charge >= 0.3 is 0 Å². The van der Waals surface area contributed by atoms with E-state index < -0.39 is 0 Å². The fourth-order valence-corrected chi connectivity index (χ4v) is 1.13. The van der Waals surface area contributed by atoms with Crippen molar-refractivity contribution in [1.29, 1.82) is 0 Å². The van der Waals surface area contributed by atoms with Crippen LogP contribution in [0, 0.1) is 5.41 Å². The molecule has 0 heterocycles. The third kappa shape index (κ3) is 6.06. The molecule has 0 bridgehead atoms. The lowest BCUT2D eigenvalue weighted by Crippen LogP contribution is -2.43. The molecule has 0 aliphatic heterocycles. The quantitative estimate of drug-likeness (QED) is 0.653. The van der Waals surface area contributed by atoms with Crippen LogP contribution in [0.3, 0.4) is 0 Å². The van der Waals surface area contributed by atoms with Crippen LogP contribution < -0.4 is 11.1 Å². The van der Waals surface area contributed by atoms with Gasteiger partial charge in [-0.15, -0.1) is 0 Å². The molecular weight excluding hydrogens is 194 g/mol. The first-order chi connectivity index (χ1) is 6.78. The van der Waals surface area contributed by atoms with Crippen LogP contribution in [-0.4, -0.2) is 43.4 Å². The topological polar surface area (TPSA) is 75.4 Å². The molecule has 0 aromatic carbocycles. The van der Waals surface area contributed by atoms with Crippen LogP contribution >= 0.6 is 0 Å². The molecule has 0 spiro atoms. The van der Waals surface area contributed by atoms with Crippen LogP contribution in [0.25, 0.3) is 0 Å². The Morgan fingerprint density at radius 3 is 2.33 bits per heavy atom. The molecule has 0 saturated carbocycles. The maximum Gasteiger partial charge on any atom is 0.241 e. The number of carbonyl (C=O) groups excluding carboxylic acids is 2. The molecule has 0 aromatic heterocycles. The van der Waals surface area contributed by atoms with E-state index in [9.17, 15) is 9.59 Å². The van der Waals surface area contributed by atoms with Gasteiger partial charge < -0.3 is 16.0 Å². The molecule has 15 heavy (non-hydrogen) atoms. The van der Waals surface area contributed by atoms with Crippen molar-refractivity contribution >= 4 is 11.8 Å². The van der Waals surface area contributed by atoms with Gasteiger partial charge in [0.1, 0.15) is 0 Å². The van der Waals surface area contributed by atoms with E-state index in [1.807, 2.05) is 13.8 Å². The van der Waals surface area contributed by atoms with Crippen molar-refractivity contribution in [3.63, 3.8) is 0 Å². The lowest BCUT2D eigenvalue weighted by Gasteiger charge is -2.29. The summed E-state index contributed by atoms with van der Waals surface area (Å²) in [5.74, 6) is -0.304. The number of carbonyl (C=O) groups is 2. The zero-order valence-electron chi connectivity index (χ0n) is 9.96. The van der Waals surface area contributed by atoms with E-state index in [1.54, 1.807) is 11.9 Å². The Kier molecular flexibility index (Phi) is 5.28. The average molecular weight is 215 g/mol. The first-order valence-electron chi connectivity index (χ1n) is 4.97. The minimum absolute atomic E-state index is 0.0481. The molecular formula is C10H21N3O2. The van der Waals surface area contributed by atoms with Gasteiger partial charge in [-0.1, -0.05) is 13.8 Å². The van der Waals surface area contributed by atoms with Crippen molar-refractivity contribution in [3.8, 4) is 0 Å². The number of hydrogen-bond donors (Lipinski definition) is 2. The van der Waals surface area contributed by atoms with E-state index in [-0.39, 0.29) is 23.8 Å². The predicted molar refractivity (Wildman–Crippen MR) is 59.2 cm³/mol. The van der Waals surface area contributed by atoms with E-state index in [4.69, 9.17) is 5.73 Å². The summed E-state index contributed by atoms with van der Waals surface area (Å²) in [4.78, 5) is 23.7. The molecule has 0 aromatic rings. The van der Waals surface area contributed by atoms with Crippen LogP contribution in [0.1, 0.15) is 20.8 Å². The first-order valence-corrected chi connectivity index (χ1v) is 4.97. The second-order valence-electron chi connectivity index (χ2n) is 4.53. The minimum atomic E-state index is -0.199. The minimum Gasteiger partial charge on any atom is -0.347 e. The second-order valence-corrected chi connectivity index (χ2v) is 4.53. The fraction of sp³-hybridized carbons (Fsp3) is 0.800. The third-order valence-corrected chi connectivity index (χ3v) is 2.13. The first kappa shape index (κ1) is 13.9. The van der Waals surface area contributed by atoms with E-state index in [2.05, 4.69) is 5.32 Å². The second kappa shape index (κ2) is 5.70. The van der Waals surface area contributed by atoms with Gasteiger partial charge in [0.15, 0.2) is 0 Å². The van der Waals surface area contributed by atoms with Crippen molar-refractivity contribution in [2.75, 3.05) is 26.7 Å². The summed E-state index contributed by atoms with van der Waals surface area (Å²) in [6, 6.07) is 0. The van der Waals surface area contributed by atoms with Crippen molar-refractivity contribution in [1.82, 2.24) is 10.2 Å². The molecule has 0 radical (unpaired) electrons. The SMILES string of the molecule is CC(=O)NCC(=O)N(C)CC(C)(C)CN. The summed E-state index contributed by atoms with van der Waals surface area (Å²) in [6.07, 6.45) is 0. The summed E-state index contributed by atoms with van der Waals surface area (Å²) in [6.45, 7) is 6.53. The number of rotatable bonds is 5. The molecule has 0 fully saturated rings. The van der Waals surface area contributed by atoms with Crippen LogP contribution in [0.15, 0.2) is 0 Å². The lowest BCUT2D eigenvalue weighted by molar-refractivity contribution is -0.132. The lowest BCUT2D eigenvalue weighted by atomic mass is 9.93. The van der Waals surface area contributed by atoms with Gasteiger partial charge in [-0.2, -0.15) is 0 Å². The highest BCUT2D eigenvalue weighted by atomic mass is 16.2. The standard InChI is InChI=1S/C10H21N3O2/c1-8(14)12-5-9(15)13(4)7-10(2,3)6-11/h5-7,11H2,1-4H3,(H,12,14). The molecule has 5 nitrogen and oxygen atoms in total. The zero-order chi connectivity index (χ0) is 12.1. The predicted octanol–water partition coefficient (Wildman–Crippen LogP) is -0.434. The molecule has 0 rings (SSSR count). The normalized spacial score (nSPS) is 11.0. The molecule has 5 heteroatoms. The maximum absolute atomic E-state index is 11.5. The number of hydrogen-bond acceptors (Lipinski definition) is 3. The van der Waals surface area contributed by atoms with Gasteiger partial charge in [-0.05, 0) is 12.0 Å². The number of likely N-dealkylation sites (N-methyl/N-ethyl adjacent to an activating group) is 1. The molecule has 0 saturated heterocycles. The molecule has 2 amide bonds. The Morgan fingerprint density at radius 2 is 1.93 bits per heavy atom. The Balaban J connectivity index is 4.04. The summed E-state index contributed by atoms with van der Waals surface area (Å²) in [5.41, 5.74) is 5.47. The van der Waals surface area contributed by atoms with Crippen molar-refractivity contribution in [2.45, 2.75) is 20.8 Å². The Bertz CT molecular complexity index is 239. The van der Waals surface area contributed by atoms with Crippen LogP contribution in [-0.2, 0) is 9.59 Å². The van der Waals surface area contributed by atoms with Crippen molar-refractivity contribution in [2.24, 2.45) is 11.1 Å². The van der Waals surface area contributed by atoms with E-state index in [0.29, 0.717) is 13.1 Å². The van der Waals surface area contributed by atoms with Gasteiger partial charge in [0, 0.05) is 20.5 Å². The van der Waals surface area contributed by atoms with Gasteiger partial charge in [-0.25, -0.2) is 0 Å². The smallest absolute Gasteiger partial charge is 0.241 e. The Labute approximate surface area is 91.0 Å². The summed E-state index contributed by atoms with van der Waals surface area (Å²) in [7, 11) is 1.71. The largest absolute Gasteiger partial charge is 0.347 e. The van der Waals surface area contributed by atoms with Gasteiger partial charge in [0.25, 0.3) is 0 Å². The molecule has 88 valence electrons. The number of amides is 2. The van der Waals surface area contributed by atoms with Crippen LogP contribution in [0.4, 0.5) is 0 Å². The fourth-order valence-electron chi connectivity index (χ4n) is 1.13. The van der Waals surface area contributed by atoms with Crippen molar-refractivity contribution in [3.05, 3.63) is 0 Å². The van der Waals surface area contributed by atoms with E-state index in [1.165, 1.54) is 6.92 Å². The Hall–Kier alpha value is -1.10. The number of nitrogens with zero attached hydrogens (tertiary/aromatic N) is 1. The van der Waals surface area contributed by atoms with Crippen LogP contribution in [0.2, 0.25) is 0 Å². The molecule has 0 aliphatic rings.